The van der Waals surface area contributed by atoms with Crippen molar-refractivity contribution in [2.24, 2.45) is 0 Å². The molecule has 4 rings (SSSR count). The van der Waals surface area contributed by atoms with Gasteiger partial charge in [0.1, 0.15) is 65.8 Å². The molecule has 2 aromatic rings. The van der Waals surface area contributed by atoms with Crippen LogP contribution < -0.4 is 5.73 Å². The van der Waals surface area contributed by atoms with Crippen LogP contribution in [0.25, 0.3) is 11.1 Å². The molecule has 248 valence electrons. The van der Waals surface area contributed by atoms with E-state index in [2.05, 4.69) is 20.9 Å². The summed E-state index contributed by atoms with van der Waals surface area (Å²) in [6.07, 6.45) is -10.8. The maximum atomic E-state index is 12.7. The van der Waals surface area contributed by atoms with Gasteiger partial charge in [-0.2, -0.15) is 0 Å². The summed E-state index contributed by atoms with van der Waals surface area (Å²) in [4.78, 5) is 28.9. The molecule has 4 heterocycles. The average Bonchev–Trinajstić information content (AvgIpc) is 3.49. The van der Waals surface area contributed by atoms with Crippen molar-refractivity contribution in [3.63, 3.8) is 0 Å². The number of aliphatic hydroxyl groups excluding tert-OH is 6. The summed E-state index contributed by atoms with van der Waals surface area (Å²) in [6.45, 7) is -1.33. The Morgan fingerprint density at radius 1 is 1.23 bits per heavy atom. The first-order chi connectivity index (χ1) is 20.5. The van der Waals surface area contributed by atoms with Gasteiger partial charge in [-0.3, -0.25) is 4.52 Å². The number of aromatic nitrogens is 2. The Morgan fingerprint density at radius 2 is 1.91 bits per heavy atom. The van der Waals surface area contributed by atoms with Crippen LogP contribution in [0.2, 0.25) is 0 Å². The van der Waals surface area contributed by atoms with Crippen LogP contribution in [0.3, 0.4) is 0 Å². The lowest BCUT2D eigenvalue weighted by Gasteiger charge is -2.41. The smallest absolute Gasteiger partial charge is 0.458 e. The molecule has 22 heteroatoms. The second kappa shape index (κ2) is 12.9. The normalized spacial score (nSPS) is 37.8. The quantitative estimate of drug-likeness (QED) is 0.0868. The van der Waals surface area contributed by atoms with Gasteiger partial charge in [0.25, 0.3) is 0 Å². The molecule has 2 aromatic heterocycles. The Bertz CT molecular complexity index is 1450. The largest absolute Gasteiger partial charge is 0.481 e. The average molecular weight is 690 g/mol. The topological polar surface area (TPSA) is 299 Å². The van der Waals surface area contributed by atoms with Gasteiger partial charge in [-0.15, -0.1) is 6.58 Å². The maximum Gasteiger partial charge on any atom is 0.481 e. The van der Waals surface area contributed by atoms with Crippen LogP contribution in [0.1, 0.15) is 18.6 Å². The molecule has 0 spiro atoms. The van der Waals surface area contributed by atoms with E-state index in [1.54, 1.807) is 0 Å². The lowest BCUT2D eigenvalue weighted by Crippen LogP contribution is -2.61. The lowest BCUT2D eigenvalue weighted by atomic mass is 9.83. The number of aliphatic hydroxyl groups is 6. The molecular weight excluding hydrogens is 656 g/mol. The molecule has 7 unspecified atom stereocenters. The Morgan fingerprint density at radius 3 is 2.52 bits per heavy atom. The number of fused-ring (bicyclic) bond motifs is 1. The number of nitrogens with two attached hydrogens (primary N) is 1. The van der Waals surface area contributed by atoms with Crippen molar-refractivity contribution in [1.82, 2.24) is 9.97 Å². The third-order valence-electron chi connectivity index (χ3n) is 7.30. The van der Waals surface area contributed by atoms with Gasteiger partial charge in [0.15, 0.2) is 17.7 Å². The molecule has 19 nitrogen and oxygen atoms in total. The molecule has 0 aliphatic carbocycles. The number of phosphoric acid groups is 1. The highest BCUT2D eigenvalue weighted by molar-refractivity contribution is 8.08. The van der Waals surface area contributed by atoms with Gasteiger partial charge >= 0.3 is 14.5 Å². The summed E-state index contributed by atoms with van der Waals surface area (Å²) >= 11 is 4.85. The van der Waals surface area contributed by atoms with Gasteiger partial charge in [-0.05, 0) is 18.7 Å². The summed E-state index contributed by atoms with van der Waals surface area (Å²) in [6, 6.07) is 0. The van der Waals surface area contributed by atoms with Crippen molar-refractivity contribution in [2.75, 3.05) is 26.1 Å². The minimum atomic E-state index is -5.49. The number of anilines is 1. The zero-order chi connectivity index (χ0) is 32.8. The Kier molecular flexibility index (Phi) is 10.4. The summed E-state index contributed by atoms with van der Waals surface area (Å²) in [5.41, 5.74) is 3.12. The van der Waals surface area contributed by atoms with E-state index in [0.29, 0.717) is 0 Å². The van der Waals surface area contributed by atoms with E-state index in [4.69, 9.17) is 50.3 Å². The summed E-state index contributed by atoms with van der Waals surface area (Å²) in [5, 5.41) is 60.5. The standard InChI is InChI=1S/C22H33N3O16P2S/c1-4-22(35-3)17(9-6-36-16-11(9)24-8-25-18(16)23)39-21(2,20(22)31)7-37-43(34,44)41-42(32,33)40-19-14(30)12(28)13(29)15(38-19)10(27)5-26/h4,6,8,10,12-15,17,19-20,26-31H,1,5,7H2,2-3H3,(H,32,33)(H,34,44)(H2,23,24,25)/t10-,12?,13?,14?,15?,17-,19?,20+,21+,22-,43?/m0/s1. The number of methoxy groups -OCH3 is 1. The van der Waals surface area contributed by atoms with E-state index < -0.39 is 88.0 Å². The number of nitrogens with zero attached hydrogens (tertiary/aromatic N) is 2. The van der Waals surface area contributed by atoms with Crippen LogP contribution in [-0.4, -0.2) is 125 Å². The van der Waals surface area contributed by atoms with Crippen molar-refractivity contribution in [1.29, 1.82) is 0 Å². The predicted molar refractivity (Wildman–Crippen MR) is 149 cm³/mol. The number of nitrogen functional groups attached to an aromatic ring is 1. The zero-order valence-electron chi connectivity index (χ0n) is 23.1. The summed E-state index contributed by atoms with van der Waals surface area (Å²) in [7, 11) is -4.21. The lowest BCUT2D eigenvalue weighted by molar-refractivity contribution is -0.292. The first-order valence-electron chi connectivity index (χ1n) is 12.7. The molecule has 2 fully saturated rings. The SMILES string of the molecule is C=C[C@]1(OC)[C@H](c2coc3c(N)ncnc23)O[C@](C)(COP(O)(=S)OP(=O)(O)OC2OC([C@@H](O)CO)C(O)C(O)C2O)[C@H]1O. The van der Waals surface area contributed by atoms with Crippen LogP contribution >= 0.6 is 14.5 Å². The molecule has 0 bridgehead atoms. The van der Waals surface area contributed by atoms with Gasteiger partial charge in [0.2, 0.25) is 0 Å². The molecule has 0 aromatic carbocycles. The molecule has 0 amide bonds. The highest BCUT2D eigenvalue weighted by Gasteiger charge is 2.62. The summed E-state index contributed by atoms with van der Waals surface area (Å²) < 4.78 is 49.6. The van der Waals surface area contributed by atoms with Crippen LogP contribution in [-0.2, 0) is 43.9 Å². The second-order valence-electron chi connectivity index (χ2n) is 10.2. The molecule has 10 N–H and O–H groups in total. The molecule has 2 aliphatic heterocycles. The minimum Gasteiger partial charge on any atom is -0.458 e. The third-order valence-corrected chi connectivity index (χ3v) is 10.8. The monoisotopic (exact) mass is 689 g/mol. The molecular formula is C22H33N3O16P2S. The van der Waals surface area contributed by atoms with E-state index in [0.717, 1.165) is 0 Å². The Hall–Kier alpha value is -1.52. The maximum absolute atomic E-state index is 12.7. The van der Waals surface area contributed by atoms with Gasteiger partial charge in [-0.1, -0.05) is 6.08 Å². The van der Waals surface area contributed by atoms with Crippen molar-refractivity contribution in [3.05, 3.63) is 30.8 Å². The summed E-state index contributed by atoms with van der Waals surface area (Å²) in [5.74, 6) is 0.0400. The first-order valence-corrected chi connectivity index (χ1v) is 16.7. The number of furan rings is 1. The molecule has 0 radical (unpaired) electrons. The Labute approximate surface area is 254 Å². The molecule has 2 saturated heterocycles. The van der Waals surface area contributed by atoms with E-state index in [-0.39, 0.29) is 22.5 Å². The highest BCUT2D eigenvalue weighted by atomic mass is 32.5. The number of hydrogen-bond acceptors (Lipinski definition) is 18. The fourth-order valence-electron chi connectivity index (χ4n) is 4.96. The van der Waals surface area contributed by atoms with E-state index in [9.17, 15) is 39.9 Å². The van der Waals surface area contributed by atoms with Gasteiger partial charge in [0.05, 0.1) is 19.5 Å². The minimum absolute atomic E-state index is 0.0400. The fraction of sp³-hybridized carbons (Fsp3) is 0.636. The number of ether oxygens (including phenoxy) is 3. The predicted octanol–water partition coefficient (Wildman–Crippen LogP) is -1.91. The van der Waals surface area contributed by atoms with Crippen molar-refractivity contribution >= 4 is 43.3 Å². The van der Waals surface area contributed by atoms with E-state index in [1.165, 1.54) is 32.7 Å². The first kappa shape index (κ1) is 35.3. The van der Waals surface area contributed by atoms with E-state index >= 15 is 0 Å². The van der Waals surface area contributed by atoms with Crippen LogP contribution in [0.4, 0.5) is 5.82 Å². The van der Waals surface area contributed by atoms with Crippen LogP contribution in [0, 0.1) is 0 Å². The Balaban J connectivity index is 1.50. The third kappa shape index (κ3) is 6.51. The van der Waals surface area contributed by atoms with Crippen molar-refractivity contribution < 1.29 is 77.0 Å². The fourth-order valence-corrected chi connectivity index (χ4v) is 8.12. The second-order valence-corrected chi connectivity index (χ2v) is 14.6. The van der Waals surface area contributed by atoms with Gasteiger partial charge in [0, 0.05) is 12.7 Å². The number of rotatable bonds is 12. The molecule has 2 aliphatic rings. The van der Waals surface area contributed by atoms with Gasteiger partial charge in [-0.25, -0.2) is 18.8 Å². The van der Waals surface area contributed by atoms with E-state index in [1.807, 2.05) is 0 Å². The number of phosphoric ester groups is 1. The molecule has 0 saturated carbocycles. The zero-order valence-corrected chi connectivity index (χ0v) is 25.7. The van der Waals surface area contributed by atoms with Crippen molar-refractivity contribution in [2.45, 2.75) is 67.1 Å². The van der Waals surface area contributed by atoms with Crippen LogP contribution in [0.15, 0.2) is 29.7 Å². The number of hydrogen-bond donors (Lipinski definition) is 9. The van der Waals surface area contributed by atoms with Gasteiger partial charge < -0.3 is 69.3 Å². The van der Waals surface area contributed by atoms with Crippen LogP contribution in [0.5, 0.6) is 0 Å². The van der Waals surface area contributed by atoms with Crippen molar-refractivity contribution in [3.8, 4) is 0 Å². The highest BCUT2D eigenvalue weighted by Crippen LogP contribution is 2.62. The molecule has 44 heavy (non-hydrogen) atoms. The molecule has 12 atom stereocenters.